The number of likely N-dealkylation sites (N-methyl/N-ethyl adjacent to an activating group) is 2. The lowest BCUT2D eigenvalue weighted by atomic mass is 10.1. The van der Waals surface area contributed by atoms with Crippen molar-refractivity contribution in [3.63, 3.8) is 0 Å². The molecule has 1 fully saturated rings. The number of nitriles is 1. The minimum absolute atomic E-state index is 0.492. The van der Waals surface area contributed by atoms with Gasteiger partial charge in [-0.05, 0) is 38.7 Å². The molecule has 4 nitrogen and oxygen atoms in total. The second-order valence-corrected chi connectivity index (χ2v) is 5.44. The van der Waals surface area contributed by atoms with E-state index in [-0.39, 0.29) is 0 Å². The van der Waals surface area contributed by atoms with Gasteiger partial charge in [0, 0.05) is 32.2 Å². The second-order valence-electron chi connectivity index (χ2n) is 5.44. The Balaban J connectivity index is 2.00. The van der Waals surface area contributed by atoms with Gasteiger partial charge in [0.15, 0.2) is 0 Å². The van der Waals surface area contributed by atoms with Crippen molar-refractivity contribution in [2.75, 3.05) is 45.6 Å². The third-order valence-corrected chi connectivity index (χ3v) is 3.80. The quantitative estimate of drug-likeness (QED) is 0.892. The molecule has 19 heavy (non-hydrogen) atoms. The van der Waals surface area contributed by atoms with E-state index in [4.69, 9.17) is 5.26 Å². The van der Waals surface area contributed by atoms with Gasteiger partial charge in [0.25, 0.3) is 0 Å². The Kier molecular flexibility index (Phi) is 4.41. The van der Waals surface area contributed by atoms with Crippen molar-refractivity contribution in [3.8, 4) is 6.07 Å². The van der Waals surface area contributed by atoms with Crippen LogP contribution >= 0.6 is 0 Å². The summed E-state index contributed by atoms with van der Waals surface area (Å²) in [4.78, 5) is 4.74. The largest absolute Gasteiger partial charge is 0.382 e. The fraction of sp³-hybridized carbons (Fsp3) is 0.533. The molecule has 1 aromatic carbocycles. The Morgan fingerprint density at radius 3 is 2.89 bits per heavy atom. The van der Waals surface area contributed by atoms with E-state index in [2.05, 4.69) is 35.3 Å². The van der Waals surface area contributed by atoms with Gasteiger partial charge in [-0.1, -0.05) is 6.07 Å². The molecule has 1 aromatic rings. The van der Waals surface area contributed by atoms with Gasteiger partial charge in [0.1, 0.15) is 6.07 Å². The van der Waals surface area contributed by atoms with E-state index in [1.807, 2.05) is 25.1 Å². The summed E-state index contributed by atoms with van der Waals surface area (Å²) in [6.07, 6.45) is 0. The van der Waals surface area contributed by atoms with Crippen LogP contribution in [0.4, 0.5) is 5.69 Å². The first kappa shape index (κ1) is 13.9. The second kappa shape index (κ2) is 6.05. The van der Waals surface area contributed by atoms with Crippen molar-refractivity contribution in [1.82, 2.24) is 9.80 Å². The highest BCUT2D eigenvalue weighted by Gasteiger charge is 2.21. The fourth-order valence-corrected chi connectivity index (χ4v) is 2.45. The first-order chi connectivity index (χ1) is 9.10. The molecule has 1 aliphatic rings. The number of hydrogen-bond donors (Lipinski definition) is 1. The Labute approximate surface area is 115 Å². The van der Waals surface area contributed by atoms with Crippen molar-refractivity contribution in [3.05, 3.63) is 29.3 Å². The zero-order valence-electron chi connectivity index (χ0n) is 12.0. The first-order valence-electron chi connectivity index (χ1n) is 6.73. The average Bonchev–Trinajstić information content (AvgIpc) is 2.40. The van der Waals surface area contributed by atoms with Crippen LogP contribution in [0.1, 0.15) is 11.1 Å². The summed E-state index contributed by atoms with van der Waals surface area (Å²) < 4.78 is 0. The average molecular weight is 258 g/mol. The lowest BCUT2D eigenvalue weighted by Gasteiger charge is -2.37. The standard InChI is InChI=1S/C15H22N4/c1-12-4-5-15(13(8-12)9-16)17-10-14-11-18(2)6-7-19(14)3/h4-5,8,14,17H,6-7,10-11H2,1-3H3. The third kappa shape index (κ3) is 3.46. The molecule has 0 radical (unpaired) electrons. The molecule has 1 heterocycles. The van der Waals surface area contributed by atoms with Crippen LogP contribution in [0, 0.1) is 18.3 Å². The highest BCUT2D eigenvalue weighted by atomic mass is 15.3. The normalized spacial score (nSPS) is 21.1. The van der Waals surface area contributed by atoms with E-state index < -0.39 is 0 Å². The van der Waals surface area contributed by atoms with E-state index in [9.17, 15) is 0 Å². The zero-order chi connectivity index (χ0) is 13.8. The fourth-order valence-electron chi connectivity index (χ4n) is 2.45. The van der Waals surface area contributed by atoms with Gasteiger partial charge in [-0.15, -0.1) is 0 Å². The molecular formula is C15H22N4. The number of hydrogen-bond acceptors (Lipinski definition) is 4. The summed E-state index contributed by atoms with van der Waals surface area (Å²) in [6, 6.07) is 8.72. The zero-order valence-corrected chi connectivity index (χ0v) is 12.0. The van der Waals surface area contributed by atoms with Gasteiger partial charge < -0.3 is 10.2 Å². The van der Waals surface area contributed by atoms with E-state index in [0.717, 1.165) is 43.0 Å². The Morgan fingerprint density at radius 1 is 1.37 bits per heavy atom. The predicted molar refractivity (Wildman–Crippen MR) is 78.3 cm³/mol. The molecule has 0 saturated carbocycles. The summed E-state index contributed by atoms with van der Waals surface area (Å²) in [6.45, 7) is 6.17. The van der Waals surface area contributed by atoms with Crippen LogP contribution in [0.25, 0.3) is 0 Å². The van der Waals surface area contributed by atoms with Crippen LogP contribution in [-0.2, 0) is 0 Å². The number of anilines is 1. The SMILES string of the molecule is Cc1ccc(NCC2CN(C)CCN2C)c(C#N)c1. The van der Waals surface area contributed by atoms with E-state index in [0.29, 0.717) is 6.04 Å². The van der Waals surface area contributed by atoms with Crippen LogP contribution < -0.4 is 5.32 Å². The maximum absolute atomic E-state index is 9.17. The molecule has 0 aliphatic carbocycles. The summed E-state index contributed by atoms with van der Waals surface area (Å²) in [5.74, 6) is 0. The Hall–Kier alpha value is -1.57. The molecule has 0 bridgehead atoms. The summed E-state index contributed by atoms with van der Waals surface area (Å²) in [5, 5.41) is 12.6. The third-order valence-electron chi connectivity index (χ3n) is 3.80. The van der Waals surface area contributed by atoms with Crippen molar-refractivity contribution < 1.29 is 0 Å². The van der Waals surface area contributed by atoms with Gasteiger partial charge in [-0.3, -0.25) is 4.90 Å². The lowest BCUT2D eigenvalue weighted by Crippen LogP contribution is -2.52. The summed E-state index contributed by atoms with van der Waals surface area (Å²) >= 11 is 0. The summed E-state index contributed by atoms with van der Waals surface area (Å²) in [7, 11) is 4.33. The topological polar surface area (TPSA) is 42.3 Å². The highest BCUT2D eigenvalue weighted by Crippen LogP contribution is 2.17. The van der Waals surface area contributed by atoms with Crippen molar-refractivity contribution >= 4 is 5.69 Å². The molecule has 102 valence electrons. The van der Waals surface area contributed by atoms with Crippen LogP contribution in [0.5, 0.6) is 0 Å². The number of piperazine rings is 1. The van der Waals surface area contributed by atoms with Crippen molar-refractivity contribution in [2.24, 2.45) is 0 Å². The molecule has 1 N–H and O–H groups in total. The molecule has 1 atom stereocenters. The number of rotatable bonds is 3. The molecule has 4 heteroatoms. The highest BCUT2D eigenvalue weighted by molar-refractivity contribution is 5.58. The minimum atomic E-state index is 0.492. The molecular weight excluding hydrogens is 236 g/mol. The van der Waals surface area contributed by atoms with Gasteiger partial charge in [0.2, 0.25) is 0 Å². The molecule has 2 rings (SSSR count). The van der Waals surface area contributed by atoms with Crippen molar-refractivity contribution in [2.45, 2.75) is 13.0 Å². The maximum atomic E-state index is 9.17. The summed E-state index contributed by atoms with van der Waals surface area (Å²) in [5.41, 5.74) is 2.79. The number of benzene rings is 1. The maximum Gasteiger partial charge on any atom is 0.101 e. The smallest absolute Gasteiger partial charge is 0.101 e. The van der Waals surface area contributed by atoms with Gasteiger partial charge in [0.05, 0.1) is 11.3 Å². The van der Waals surface area contributed by atoms with Crippen molar-refractivity contribution in [1.29, 1.82) is 5.26 Å². The molecule has 1 saturated heterocycles. The van der Waals surface area contributed by atoms with Gasteiger partial charge in [-0.2, -0.15) is 5.26 Å². The van der Waals surface area contributed by atoms with Gasteiger partial charge in [-0.25, -0.2) is 0 Å². The minimum Gasteiger partial charge on any atom is -0.382 e. The van der Waals surface area contributed by atoms with E-state index in [1.54, 1.807) is 0 Å². The monoisotopic (exact) mass is 258 g/mol. The molecule has 0 aromatic heterocycles. The molecule has 1 unspecified atom stereocenters. The van der Waals surface area contributed by atoms with Gasteiger partial charge >= 0.3 is 0 Å². The number of nitrogens with one attached hydrogen (secondary N) is 1. The van der Waals surface area contributed by atoms with Crippen LogP contribution in [0.15, 0.2) is 18.2 Å². The van der Waals surface area contributed by atoms with Crippen LogP contribution in [0.2, 0.25) is 0 Å². The predicted octanol–water partition coefficient (Wildman–Crippen LogP) is 1.52. The van der Waals surface area contributed by atoms with E-state index in [1.165, 1.54) is 0 Å². The van der Waals surface area contributed by atoms with E-state index >= 15 is 0 Å². The van der Waals surface area contributed by atoms with Crippen LogP contribution in [0.3, 0.4) is 0 Å². The lowest BCUT2D eigenvalue weighted by molar-refractivity contribution is 0.122. The Morgan fingerprint density at radius 2 is 2.16 bits per heavy atom. The number of aryl methyl sites for hydroxylation is 1. The van der Waals surface area contributed by atoms with Crippen LogP contribution in [-0.4, -0.2) is 56.1 Å². The molecule has 0 spiro atoms. The number of nitrogens with zero attached hydrogens (tertiary/aromatic N) is 3. The Bertz CT molecular complexity index is 478. The first-order valence-corrected chi connectivity index (χ1v) is 6.73. The molecule has 0 amide bonds. The molecule has 1 aliphatic heterocycles.